The molecule has 0 saturated carbocycles. The summed E-state index contributed by atoms with van der Waals surface area (Å²) in [6.45, 7) is 4.58. The van der Waals surface area contributed by atoms with Crippen LogP contribution < -0.4 is 5.32 Å². The van der Waals surface area contributed by atoms with Gasteiger partial charge in [0.05, 0.1) is 5.69 Å². The van der Waals surface area contributed by atoms with Crippen molar-refractivity contribution >= 4 is 11.3 Å². The standard InChI is InChI=1S/C14H15F3N2S/c1-7(2)13-10(6-18-3)20-14(19-13)8-4-5-9(15)12(17)11(8)16/h4-5,7,18H,6H2,1-3H3. The average molecular weight is 300 g/mol. The molecule has 1 aromatic heterocycles. The van der Waals surface area contributed by atoms with Gasteiger partial charge < -0.3 is 5.32 Å². The van der Waals surface area contributed by atoms with E-state index >= 15 is 0 Å². The van der Waals surface area contributed by atoms with E-state index in [-0.39, 0.29) is 11.5 Å². The van der Waals surface area contributed by atoms with Crippen molar-refractivity contribution in [3.05, 3.63) is 40.2 Å². The summed E-state index contributed by atoms with van der Waals surface area (Å²) in [4.78, 5) is 5.35. The highest BCUT2D eigenvalue weighted by atomic mass is 32.1. The maximum atomic E-state index is 13.8. The number of nitrogens with one attached hydrogen (secondary N) is 1. The van der Waals surface area contributed by atoms with E-state index in [0.29, 0.717) is 11.6 Å². The van der Waals surface area contributed by atoms with Gasteiger partial charge in [0.15, 0.2) is 17.5 Å². The zero-order valence-corrected chi connectivity index (χ0v) is 12.2. The first-order chi connectivity index (χ1) is 9.45. The Bertz CT molecular complexity index is 623. The summed E-state index contributed by atoms with van der Waals surface area (Å²) in [7, 11) is 1.81. The van der Waals surface area contributed by atoms with Crippen LogP contribution in [0, 0.1) is 17.5 Å². The van der Waals surface area contributed by atoms with Crippen molar-refractivity contribution in [2.24, 2.45) is 0 Å². The van der Waals surface area contributed by atoms with Crippen LogP contribution in [0.5, 0.6) is 0 Å². The Morgan fingerprint density at radius 2 is 1.90 bits per heavy atom. The van der Waals surface area contributed by atoms with Crippen LogP contribution in [0.25, 0.3) is 10.6 Å². The molecule has 20 heavy (non-hydrogen) atoms. The second-order valence-electron chi connectivity index (χ2n) is 4.74. The molecular weight excluding hydrogens is 285 g/mol. The number of benzene rings is 1. The lowest BCUT2D eigenvalue weighted by Crippen LogP contribution is -2.06. The summed E-state index contributed by atoms with van der Waals surface area (Å²) >= 11 is 1.29. The fourth-order valence-electron chi connectivity index (χ4n) is 1.91. The molecule has 1 aromatic carbocycles. The second-order valence-corrected chi connectivity index (χ2v) is 5.82. The minimum atomic E-state index is -1.46. The largest absolute Gasteiger partial charge is 0.315 e. The van der Waals surface area contributed by atoms with Gasteiger partial charge in [0.25, 0.3) is 0 Å². The summed E-state index contributed by atoms with van der Waals surface area (Å²) in [6.07, 6.45) is 0. The Labute approximate surface area is 119 Å². The molecule has 0 amide bonds. The van der Waals surface area contributed by atoms with Crippen molar-refractivity contribution in [2.45, 2.75) is 26.3 Å². The Morgan fingerprint density at radius 1 is 1.20 bits per heavy atom. The molecule has 0 unspecified atom stereocenters. The molecule has 1 heterocycles. The van der Waals surface area contributed by atoms with E-state index in [1.165, 1.54) is 17.4 Å². The minimum absolute atomic E-state index is 0.00171. The van der Waals surface area contributed by atoms with Crippen molar-refractivity contribution in [3.63, 3.8) is 0 Å². The molecular formula is C14H15F3N2S. The first-order valence-electron chi connectivity index (χ1n) is 6.23. The van der Waals surface area contributed by atoms with Gasteiger partial charge in [0.1, 0.15) is 5.01 Å². The molecule has 6 heteroatoms. The lowest BCUT2D eigenvalue weighted by molar-refractivity contribution is 0.449. The normalized spacial score (nSPS) is 11.3. The molecule has 0 fully saturated rings. The molecule has 0 saturated heterocycles. The number of hydrogen-bond acceptors (Lipinski definition) is 3. The van der Waals surface area contributed by atoms with Crippen molar-refractivity contribution in [3.8, 4) is 10.6 Å². The molecule has 2 aromatic rings. The van der Waals surface area contributed by atoms with Crippen LogP contribution >= 0.6 is 11.3 Å². The Balaban J connectivity index is 2.53. The van der Waals surface area contributed by atoms with Crippen LogP contribution in [0.15, 0.2) is 12.1 Å². The molecule has 0 aliphatic heterocycles. The van der Waals surface area contributed by atoms with Crippen LogP contribution in [0.2, 0.25) is 0 Å². The molecule has 1 N–H and O–H groups in total. The number of aromatic nitrogens is 1. The van der Waals surface area contributed by atoms with Gasteiger partial charge in [-0.3, -0.25) is 0 Å². The third kappa shape index (κ3) is 2.71. The van der Waals surface area contributed by atoms with Gasteiger partial charge in [-0.05, 0) is 25.1 Å². The highest BCUT2D eigenvalue weighted by molar-refractivity contribution is 7.15. The van der Waals surface area contributed by atoms with Crippen molar-refractivity contribution in [1.82, 2.24) is 10.3 Å². The number of hydrogen-bond donors (Lipinski definition) is 1. The zero-order valence-electron chi connectivity index (χ0n) is 11.4. The Hall–Kier alpha value is -1.40. The SMILES string of the molecule is CNCc1sc(-c2ccc(F)c(F)c2F)nc1C(C)C. The van der Waals surface area contributed by atoms with Gasteiger partial charge in [-0.25, -0.2) is 18.2 Å². The van der Waals surface area contributed by atoms with Crippen molar-refractivity contribution in [1.29, 1.82) is 0 Å². The molecule has 2 nitrogen and oxygen atoms in total. The lowest BCUT2D eigenvalue weighted by atomic mass is 10.1. The van der Waals surface area contributed by atoms with E-state index in [1.54, 1.807) is 0 Å². The maximum absolute atomic E-state index is 13.8. The molecule has 0 aliphatic carbocycles. The Morgan fingerprint density at radius 3 is 2.50 bits per heavy atom. The van der Waals surface area contributed by atoms with Crippen molar-refractivity contribution in [2.75, 3.05) is 7.05 Å². The van der Waals surface area contributed by atoms with Crippen LogP contribution in [0.4, 0.5) is 13.2 Å². The summed E-state index contributed by atoms with van der Waals surface area (Å²) in [5.74, 6) is -3.66. The van der Waals surface area contributed by atoms with Gasteiger partial charge in [-0.15, -0.1) is 11.3 Å². The fourth-order valence-corrected chi connectivity index (χ4v) is 3.16. The maximum Gasteiger partial charge on any atom is 0.195 e. The summed E-state index contributed by atoms with van der Waals surface area (Å²) in [5, 5.41) is 3.39. The molecule has 0 atom stereocenters. The minimum Gasteiger partial charge on any atom is -0.315 e. The number of nitrogens with zero attached hydrogens (tertiary/aromatic N) is 1. The van der Waals surface area contributed by atoms with E-state index in [0.717, 1.165) is 16.6 Å². The highest BCUT2D eigenvalue weighted by Gasteiger charge is 2.20. The van der Waals surface area contributed by atoms with Gasteiger partial charge in [-0.2, -0.15) is 0 Å². The summed E-state index contributed by atoms with van der Waals surface area (Å²) < 4.78 is 40.1. The van der Waals surface area contributed by atoms with Crippen molar-refractivity contribution < 1.29 is 13.2 Å². The zero-order chi connectivity index (χ0) is 14.9. The predicted octanol–water partition coefficient (Wildman–Crippen LogP) is 4.07. The van der Waals surface area contributed by atoms with Gasteiger partial charge in [-0.1, -0.05) is 13.8 Å². The highest BCUT2D eigenvalue weighted by Crippen LogP contribution is 2.34. The summed E-state index contributed by atoms with van der Waals surface area (Å²) in [6, 6.07) is 2.14. The van der Waals surface area contributed by atoms with E-state index < -0.39 is 17.5 Å². The van der Waals surface area contributed by atoms with Crippen LogP contribution in [-0.4, -0.2) is 12.0 Å². The van der Waals surface area contributed by atoms with Crippen LogP contribution in [0.3, 0.4) is 0 Å². The smallest absolute Gasteiger partial charge is 0.195 e. The molecule has 0 bridgehead atoms. The lowest BCUT2D eigenvalue weighted by Gasteiger charge is -2.03. The molecule has 2 rings (SSSR count). The molecule has 0 spiro atoms. The molecule has 0 aliphatic rings. The molecule has 0 radical (unpaired) electrons. The van der Waals surface area contributed by atoms with Gasteiger partial charge in [0.2, 0.25) is 0 Å². The third-order valence-electron chi connectivity index (χ3n) is 2.88. The van der Waals surface area contributed by atoms with Gasteiger partial charge >= 0.3 is 0 Å². The topological polar surface area (TPSA) is 24.9 Å². The van der Waals surface area contributed by atoms with E-state index in [9.17, 15) is 13.2 Å². The van der Waals surface area contributed by atoms with Crippen LogP contribution in [0.1, 0.15) is 30.3 Å². The monoisotopic (exact) mass is 300 g/mol. The first-order valence-corrected chi connectivity index (χ1v) is 7.05. The first kappa shape index (κ1) is 15.0. The summed E-state index contributed by atoms with van der Waals surface area (Å²) in [5.41, 5.74) is 0.849. The number of thiazole rings is 1. The Kier molecular flexibility index (Phi) is 4.45. The number of rotatable bonds is 4. The average Bonchev–Trinajstić information content (AvgIpc) is 2.80. The third-order valence-corrected chi connectivity index (χ3v) is 3.98. The van der Waals surface area contributed by atoms with Crippen LogP contribution in [-0.2, 0) is 6.54 Å². The second kappa shape index (κ2) is 5.93. The van der Waals surface area contributed by atoms with E-state index in [2.05, 4.69) is 10.3 Å². The quantitative estimate of drug-likeness (QED) is 0.861. The van der Waals surface area contributed by atoms with E-state index in [4.69, 9.17) is 0 Å². The fraction of sp³-hybridized carbons (Fsp3) is 0.357. The predicted molar refractivity (Wildman–Crippen MR) is 74.3 cm³/mol. The van der Waals surface area contributed by atoms with Gasteiger partial charge in [0, 0.05) is 17.0 Å². The van der Waals surface area contributed by atoms with E-state index in [1.807, 2.05) is 20.9 Å². The number of halogens is 3. The molecule has 108 valence electrons.